The number of anilines is 1. The van der Waals surface area contributed by atoms with Gasteiger partial charge in [0.25, 0.3) is 5.91 Å². The molecule has 0 spiro atoms. The molecule has 0 aromatic heterocycles. The van der Waals surface area contributed by atoms with Gasteiger partial charge < -0.3 is 10.6 Å². The first-order valence-corrected chi connectivity index (χ1v) is 8.32. The number of imide groups is 1. The van der Waals surface area contributed by atoms with Crippen LogP contribution in [0.3, 0.4) is 0 Å². The third kappa shape index (κ3) is 3.24. The van der Waals surface area contributed by atoms with Crippen LogP contribution in [0.4, 0.5) is 10.5 Å². The number of amides is 4. The summed E-state index contributed by atoms with van der Waals surface area (Å²) in [5.74, 6) is -0.824. The van der Waals surface area contributed by atoms with Crippen LogP contribution in [-0.2, 0) is 9.59 Å². The van der Waals surface area contributed by atoms with Gasteiger partial charge in [-0.25, -0.2) is 4.79 Å². The number of nitrogens with zero attached hydrogens (tertiary/aromatic N) is 1. The lowest BCUT2D eigenvalue weighted by Crippen LogP contribution is -2.46. The number of urea groups is 1. The molecule has 0 radical (unpaired) electrons. The minimum atomic E-state index is -0.908. The van der Waals surface area contributed by atoms with E-state index in [0.29, 0.717) is 23.6 Å². The molecule has 7 heteroatoms. The lowest BCUT2D eigenvalue weighted by molar-refractivity contribution is -0.134. The number of aryl methyl sites for hydroxylation is 2. The van der Waals surface area contributed by atoms with Crippen molar-refractivity contribution in [2.45, 2.75) is 46.1 Å². The van der Waals surface area contributed by atoms with Gasteiger partial charge in [-0.1, -0.05) is 31.5 Å². The lowest BCUT2D eigenvalue weighted by Gasteiger charge is -2.23. The van der Waals surface area contributed by atoms with Crippen molar-refractivity contribution in [2.24, 2.45) is 0 Å². The third-order valence-electron chi connectivity index (χ3n) is 4.45. The molecule has 6 nitrogen and oxygen atoms in total. The molecule has 1 aromatic carbocycles. The monoisotopic (exact) mass is 351 g/mol. The Labute approximate surface area is 146 Å². The average molecular weight is 352 g/mol. The molecule has 0 aliphatic carbocycles. The second-order valence-electron chi connectivity index (χ2n) is 6.10. The van der Waals surface area contributed by atoms with E-state index >= 15 is 0 Å². The summed E-state index contributed by atoms with van der Waals surface area (Å²) in [5.41, 5.74) is 1.40. The molecule has 4 amide bonds. The maximum atomic E-state index is 12.5. The zero-order valence-electron chi connectivity index (χ0n) is 14.3. The second kappa shape index (κ2) is 6.81. The molecule has 0 saturated carbocycles. The Morgan fingerprint density at radius 1 is 1.25 bits per heavy atom. The Balaban J connectivity index is 2.14. The van der Waals surface area contributed by atoms with Gasteiger partial charge in [-0.15, -0.1) is 0 Å². The molecule has 24 heavy (non-hydrogen) atoms. The molecule has 1 aromatic rings. The van der Waals surface area contributed by atoms with E-state index in [-0.39, 0.29) is 12.5 Å². The highest BCUT2D eigenvalue weighted by molar-refractivity contribution is 6.34. The van der Waals surface area contributed by atoms with Crippen molar-refractivity contribution >= 4 is 35.1 Å². The zero-order chi connectivity index (χ0) is 18.1. The fourth-order valence-electron chi connectivity index (χ4n) is 2.95. The van der Waals surface area contributed by atoms with Crippen molar-refractivity contribution in [3.63, 3.8) is 0 Å². The smallest absolute Gasteiger partial charge is 0.323 e. The minimum Gasteiger partial charge on any atom is -0.323 e. The first-order chi connectivity index (χ1) is 11.2. The summed E-state index contributed by atoms with van der Waals surface area (Å²) in [4.78, 5) is 37.8. The van der Waals surface area contributed by atoms with Gasteiger partial charge in [0.15, 0.2) is 0 Å². The zero-order valence-corrected chi connectivity index (χ0v) is 15.1. The van der Waals surface area contributed by atoms with Crippen molar-refractivity contribution in [3.8, 4) is 0 Å². The maximum Gasteiger partial charge on any atom is 0.325 e. The molecule has 0 unspecified atom stereocenters. The van der Waals surface area contributed by atoms with Crippen LogP contribution < -0.4 is 10.6 Å². The van der Waals surface area contributed by atoms with Crippen molar-refractivity contribution in [1.29, 1.82) is 0 Å². The molecule has 1 aliphatic heterocycles. The normalized spacial score (nSPS) is 16.3. The molecule has 130 valence electrons. The quantitative estimate of drug-likeness (QED) is 0.800. The lowest BCUT2D eigenvalue weighted by atomic mass is 9.93. The van der Waals surface area contributed by atoms with E-state index in [4.69, 9.17) is 11.6 Å². The van der Waals surface area contributed by atoms with Gasteiger partial charge in [0, 0.05) is 0 Å². The highest BCUT2D eigenvalue weighted by atomic mass is 35.5. The summed E-state index contributed by atoms with van der Waals surface area (Å²) in [5, 5.41) is 5.82. The van der Waals surface area contributed by atoms with Gasteiger partial charge in [0.1, 0.15) is 12.1 Å². The Morgan fingerprint density at radius 3 is 2.38 bits per heavy atom. The summed E-state index contributed by atoms with van der Waals surface area (Å²) >= 11 is 6.17. The van der Waals surface area contributed by atoms with Gasteiger partial charge in [-0.05, 0) is 43.9 Å². The van der Waals surface area contributed by atoms with Gasteiger partial charge in [-0.2, -0.15) is 0 Å². The number of nitrogens with one attached hydrogen (secondary N) is 2. The topological polar surface area (TPSA) is 78.5 Å². The van der Waals surface area contributed by atoms with E-state index < -0.39 is 17.5 Å². The number of halogens is 1. The molecule has 1 saturated heterocycles. The third-order valence-corrected chi connectivity index (χ3v) is 4.75. The number of hydrogen-bond donors (Lipinski definition) is 2. The highest BCUT2D eigenvalue weighted by Gasteiger charge is 2.49. The van der Waals surface area contributed by atoms with Crippen LogP contribution in [0, 0.1) is 13.8 Å². The molecule has 2 rings (SSSR count). The fourth-order valence-corrected chi connectivity index (χ4v) is 3.31. The summed E-state index contributed by atoms with van der Waals surface area (Å²) in [7, 11) is 0. The summed E-state index contributed by atoms with van der Waals surface area (Å²) in [6.07, 6.45) is 0.962. The summed E-state index contributed by atoms with van der Waals surface area (Å²) < 4.78 is 0. The van der Waals surface area contributed by atoms with Crippen LogP contribution in [0.15, 0.2) is 12.1 Å². The van der Waals surface area contributed by atoms with Gasteiger partial charge >= 0.3 is 6.03 Å². The summed E-state index contributed by atoms with van der Waals surface area (Å²) in [6, 6.07) is 3.11. The number of carbonyl (C=O) groups excluding carboxylic acids is 3. The second-order valence-corrected chi connectivity index (χ2v) is 6.50. The largest absolute Gasteiger partial charge is 0.325 e. The highest BCUT2D eigenvalue weighted by Crippen LogP contribution is 2.28. The van der Waals surface area contributed by atoms with E-state index in [1.807, 2.05) is 33.8 Å². The van der Waals surface area contributed by atoms with Gasteiger partial charge in [0.2, 0.25) is 5.91 Å². The number of rotatable bonds is 5. The standard InChI is InChI=1S/C17H22ClN3O3/c1-5-17(6-2)15(23)21(16(24)20-17)9-13(22)19-14-11(4)7-10(3)8-12(14)18/h7-8H,5-6,9H2,1-4H3,(H,19,22)(H,20,24). The van der Waals surface area contributed by atoms with Crippen LogP contribution in [0.2, 0.25) is 5.02 Å². The van der Waals surface area contributed by atoms with Gasteiger partial charge in [-0.3, -0.25) is 14.5 Å². The molecular formula is C17H22ClN3O3. The Hall–Kier alpha value is -2.08. The molecule has 1 fully saturated rings. The van der Waals surface area contributed by atoms with Crippen LogP contribution in [0.25, 0.3) is 0 Å². The van der Waals surface area contributed by atoms with Crippen molar-refractivity contribution in [3.05, 3.63) is 28.3 Å². The first-order valence-electron chi connectivity index (χ1n) is 7.94. The Morgan fingerprint density at radius 2 is 1.88 bits per heavy atom. The number of benzene rings is 1. The van der Waals surface area contributed by atoms with E-state index in [0.717, 1.165) is 16.0 Å². The number of hydrogen-bond acceptors (Lipinski definition) is 3. The average Bonchev–Trinajstić information content (AvgIpc) is 2.75. The van der Waals surface area contributed by atoms with Crippen molar-refractivity contribution in [2.75, 3.05) is 11.9 Å². The van der Waals surface area contributed by atoms with E-state index in [1.165, 1.54) is 0 Å². The Kier molecular flexibility index (Phi) is 5.18. The Bertz CT molecular complexity index is 675. The van der Waals surface area contributed by atoms with Crippen LogP contribution >= 0.6 is 11.6 Å². The molecule has 0 bridgehead atoms. The predicted molar refractivity (Wildman–Crippen MR) is 93.1 cm³/mol. The van der Waals surface area contributed by atoms with Crippen molar-refractivity contribution in [1.82, 2.24) is 10.2 Å². The van der Waals surface area contributed by atoms with Crippen LogP contribution in [0.1, 0.15) is 37.8 Å². The van der Waals surface area contributed by atoms with Gasteiger partial charge in [0.05, 0.1) is 10.7 Å². The van der Waals surface area contributed by atoms with Crippen LogP contribution in [0.5, 0.6) is 0 Å². The van der Waals surface area contributed by atoms with Crippen molar-refractivity contribution < 1.29 is 14.4 Å². The fraction of sp³-hybridized carbons (Fsp3) is 0.471. The maximum absolute atomic E-state index is 12.5. The first kappa shape index (κ1) is 18.3. The molecule has 1 heterocycles. The molecular weight excluding hydrogens is 330 g/mol. The van der Waals surface area contributed by atoms with E-state index in [9.17, 15) is 14.4 Å². The van der Waals surface area contributed by atoms with E-state index in [1.54, 1.807) is 6.07 Å². The predicted octanol–water partition coefficient (Wildman–Crippen LogP) is 3.01. The number of carbonyl (C=O) groups is 3. The minimum absolute atomic E-state index is 0.337. The van der Waals surface area contributed by atoms with Crippen LogP contribution in [-0.4, -0.2) is 34.8 Å². The molecule has 0 atom stereocenters. The molecule has 2 N–H and O–H groups in total. The van der Waals surface area contributed by atoms with E-state index in [2.05, 4.69) is 10.6 Å². The SMILES string of the molecule is CCC1(CC)NC(=O)N(CC(=O)Nc2c(C)cc(C)cc2Cl)C1=O. The molecule has 1 aliphatic rings. The summed E-state index contributed by atoms with van der Waals surface area (Å²) in [6.45, 7) is 7.08.